The lowest BCUT2D eigenvalue weighted by Gasteiger charge is -2.32. The summed E-state index contributed by atoms with van der Waals surface area (Å²) in [6.07, 6.45) is 1.72. The molecule has 0 aliphatic carbocycles. The van der Waals surface area contributed by atoms with Gasteiger partial charge >= 0.3 is 0 Å². The highest BCUT2D eigenvalue weighted by Gasteiger charge is 2.28. The minimum atomic E-state index is -0.483. The minimum Gasteiger partial charge on any atom is -0.389 e. The fraction of sp³-hybridized carbons (Fsp3) is 0.500. The Morgan fingerprint density at radius 1 is 1.25 bits per heavy atom. The smallest absolute Gasteiger partial charge is 0.0765 e. The maximum Gasteiger partial charge on any atom is 0.0765 e. The van der Waals surface area contributed by atoms with E-state index in [1.54, 1.807) is 11.8 Å². The molecule has 0 atom stereocenters. The van der Waals surface area contributed by atoms with Gasteiger partial charge in [-0.15, -0.1) is 11.8 Å². The molecule has 2 rings (SSSR count). The summed E-state index contributed by atoms with van der Waals surface area (Å²) in [4.78, 5) is 1.22. The number of nitrogens with one attached hydrogen (secondary N) is 1. The van der Waals surface area contributed by atoms with E-state index in [-0.39, 0.29) is 0 Å². The van der Waals surface area contributed by atoms with E-state index in [9.17, 15) is 5.11 Å². The van der Waals surface area contributed by atoms with Crippen LogP contribution < -0.4 is 5.32 Å². The number of aliphatic hydroxyl groups is 1. The molecule has 0 saturated carbocycles. The Hall–Kier alpha value is -0.0300. The summed E-state index contributed by atoms with van der Waals surface area (Å²) < 4.78 is 1.09. The molecule has 1 aromatic carbocycles. The van der Waals surface area contributed by atoms with Gasteiger partial charge in [-0.1, -0.05) is 15.9 Å². The molecule has 1 aliphatic rings. The topological polar surface area (TPSA) is 32.3 Å². The van der Waals surface area contributed by atoms with E-state index < -0.39 is 5.60 Å². The Balaban J connectivity index is 1.88. The van der Waals surface area contributed by atoms with Crippen LogP contribution in [-0.4, -0.2) is 29.5 Å². The van der Waals surface area contributed by atoms with Gasteiger partial charge in [0.05, 0.1) is 5.60 Å². The molecule has 1 saturated heterocycles. The highest BCUT2D eigenvalue weighted by atomic mass is 79.9. The Morgan fingerprint density at radius 2 is 1.88 bits per heavy atom. The van der Waals surface area contributed by atoms with Crippen molar-refractivity contribution in [3.05, 3.63) is 28.7 Å². The first-order valence-electron chi connectivity index (χ1n) is 5.49. The van der Waals surface area contributed by atoms with Crippen LogP contribution in [0.25, 0.3) is 0 Å². The molecule has 0 amide bonds. The quantitative estimate of drug-likeness (QED) is 0.842. The summed E-state index contributed by atoms with van der Waals surface area (Å²) in [5.74, 6) is 0.788. The van der Waals surface area contributed by atoms with Gasteiger partial charge in [0.25, 0.3) is 0 Å². The molecule has 4 heteroatoms. The molecule has 0 spiro atoms. The van der Waals surface area contributed by atoms with Crippen LogP contribution >= 0.6 is 27.7 Å². The summed E-state index contributed by atoms with van der Waals surface area (Å²) in [6.45, 7) is 1.86. The lowest BCUT2D eigenvalue weighted by Crippen LogP contribution is -2.43. The third kappa shape index (κ3) is 3.48. The largest absolute Gasteiger partial charge is 0.389 e. The van der Waals surface area contributed by atoms with Crippen molar-refractivity contribution in [1.82, 2.24) is 5.32 Å². The molecule has 2 N–H and O–H groups in total. The van der Waals surface area contributed by atoms with E-state index in [1.807, 2.05) is 12.1 Å². The summed E-state index contributed by atoms with van der Waals surface area (Å²) in [5.41, 5.74) is -0.483. The zero-order valence-corrected chi connectivity index (χ0v) is 11.5. The van der Waals surface area contributed by atoms with Gasteiger partial charge in [0.1, 0.15) is 0 Å². The maximum atomic E-state index is 10.3. The fourth-order valence-corrected chi connectivity index (χ4v) is 3.10. The van der Waals surface area contributed by atoms with E-state index in [2.05, 4.69) is 33.4 Å². The standard InChI is InChI=1S/C12H16BrNOS/c13-10-1-3-11(4-2-10)16-9-12(15)5-7-14-8-6-12/h1-4,14-15H,5-9H2. The molecule has 16 heavy (non-hydrogen) atoms. The number of rotatable bonds is 3. The zero-order valence-electron chi connectivity index (χ0n) is 9.08. The van der Waals surface area contributed by atoms with E-state index in [1.165, 1.54) is 4.90 Å². The van der Waals surface area contributed by atoms with Crippen molar-refractivity contribution in [2.24, 2.45) is 0 Å². The lowest BCUT2D eigenvalue weighted by atomic mass is 9.95. The highest BCUT2D eigenvalue weighted by Crippen LogP contribution is 2.28. The number of halogens is 1. The van der Waals surface area contributed by atoms with E-state index in [4.69, 9.17) is 0 Å². The third-order valence-corrected chi connectivity index (χ3v) is 4.67. The van der Waals surface area contributed by atoms with E-state index in [0.717, 1.165) is 36.2 Å². The Labute approximate surface area is 109 Å². The Kier molecular flexibility index (Phi) is 4.30. The molecule has 88 valence electrons. The first-order chi connectivity index (χ1) is 7.68. The van der Waals surface area contributed by atoms with Crippen LogP contribution in [0.5, 0.6) is 0 Å². The summed E-state index contributed by atoms with van der Waals surface area (Å²) in [7, 11) is 0. The third-order valence-electron chi connectivity index (χ3n) is 2.86. The Morgan fingerprint density at radius 3 is 2.50 bits per heavy atom. The molecular formula is C12H16BrNOS. The number of thioether (sulfide) groups is 1. The van der Waals surface area contributed by atoms with Gasteiger partial charge in [-0.3, -0.25) is 0 Å². The summed E-state index contributed by atoms with van der Waals surface area (Å²) >= 11 is 5.15. The van der Waals surface area contributed by atoms with Crippen molar-refractivity contribution < 1.29 is 5.11 Å². The van der Waals surface area contributed by atoms with Crippen molar-refractivity contribution in [2.45, 2.75) is 23.3 Å². The van der Waals surface area contributed by atoms with Crippen molar-refractivity contribution in [3.63, 3.8) is 0 Å². The first kappa shape index (κ1) is 12.4. The minimum absolute atomic E-state index is 0.483. The zero-order chi connectivity index (χ0) is 11.4. The second-order valence-corrected chi connectivity index (χ2v) is 6.18. The molecule has 1 aromatic rings. The fourth-order valence-electron chi connectivity index (χ4n) is 1.78. The van der Waals surface area contributed by atoms with Crippen LogP contribution in [0.2, 0.25) is 0 Å². The molecule has 0 aromatic heterocycles. The predicted octanol–water partition coefficient (Wildman–Crippen LogP) is 2.66. The number of benzene rings is 1. The van der Waals surface area contributed by atoms with Crippen LogP contribution in [0.3, 0.4) is 0 Å². The maximum absolute atomic E-state index is 10.3. The molecule has 2 nitrogen and oxygen atoms in total. The van der Waals surface area contributed by atoms with Crippen LogP contribution in [-0.2, 0) is 0 Å². The van der Waals surface area contributed by atoms with Gasteiger partial charge in [-0.2, -0.15) is 0 Å². The van der Waals surface area contributed by atoms with Gasteiger partial charge in [0, 0.05) is 15.1 Å². The van der Waals surface area contributed by atoms with E-state index in [0.29, 0.717) is 0 Å². The van der Waals surface area contributed by atoms with E-state index >= 15 is 0 Å². The van der Waals surface area contributed by atoms with Crippen LogP contribution in [0.4, 0.5) is 0 Å². The molecule has 0 bridgehead atoms. The predicted molar refractivity (Wildman–Crippen MR) is 71.9 cm³/mol. The summed E-state index contributed by atoms with van der Waals surface area (Å²) in [6, 6.07) is 8.24. The van der Waals surface area contributed by atoms with Crippen LogP contribution in [0.15, 0.2) is 33.6 Å². The number of hydrogen-bond donors (Lipinski definition) is 2. The average molecular weight is 302 g/mol. The number of piperidine rings is 1. The molecule has 1 heterocycles. The first-order valence-corrected chi connectivity index (χ1v) is 7.27. The molecule has 0 unspecified atom stereocenters. The van der Waals surface area contributed by atoms with Crippen molar-refractivity contribution >= 4 is 27.7 Å². The number of hydrogen-bond acceptors (Lipinski definition) is 3. The van der Waals surface area contributed by atoms with Crippen molar-refractivity contribution in [2.75, 3.05) is 18.8 Å². The monoisotopic (exact) mass is 301 g/mol. The van der Waals surface area contributed by atoms with Gasteiger partial charge in [0.15, 0.2) is 0 Å². The van der Waals surface area contributed by atoms with Gasteiger partial charge < -0.3 is 10.4 Å². The highest BCUT2D eigenvalue weighted by molar-refractivity contribution is 9.10. The average Bonchev–Trinajstić information content (AvgIpc) is 2.29. The Bertz CT molecular complexity index is 335. The van der Waals surface area contributed by atoms with Crippen LogP contribution in [0.1, 0.15) is 12.8 Å². The van der Waals surface area contributed by atoms with Crippen molar-refractivity contribution in [3.8, 4) is 0 Å². The van der Waals surface area contributed by atoms with Gasteiger partial charge in [0.2, 0.25) is 0 Å². The van der Waals surface area contributed by atoms with Gasteiger partial charge in [-0.05, 0) is 50.2 Å². The molecule has 0 radical (unpaired) electrons. The SMILES string of the molecule is OC1(CSc2ccc(Br)cc2)CCNCC1. The molecular weight excluding hydrogens is 286 g/mol. The second kappa shape index (κ2) is 5.54. The van der Waals surface area contributed by atoms with Crippen LogP contribution in [0, 0.1) is 0 Å². The summed E-state index contributed by atoms with van der Waals surface area (Å²) in [5, 5.41) is 13.6. The van der Waals surface area contributed by atoms with Crippen molar-refractivity contribution in [1.29, 1.82) is 0 Å². The lowest BCUT2D eigenvalue weighted by molar-refractivity contribution is 0.0339. The second-order valence-electron chi connectivity index (χ2n) is 4.22. The molecule has 1 fully saturated rings. The van der Waals surface area contributed by atoms with Gasteiger partial charge in [-0.25, -0.2) is 0 Å². The molecule has 1 aliphatic heterocycles. The normalized spacial score (nSPS) is 19.6.